The van der Waals surface area contributed by atoms with Crippen molar-refractivity contribution in [3.05, 3.63) is 35.4 Å². The van der Waals surface area contributed by atoms with Crippen molar-refractivity contribution in [3.63, 3.8) is 0 Å². The minimum Gasteiger partial charge on any atom is -0.393 e. The van der Waals surface area contributed by atoms with E-state index in [1.54, 1.807) is 0 Å². The quantitative estimate of drug-likeness (QED) is 0.737. The average molecular weight is 236 g/mol. The minimum absolute atomic E-state index is 0.300. The lowest BCUT2D eigenvalue weighted by molar-refractivity contribution is 0.0887. The molecule has 1 aromatic carbocycles. The van der Waals surface area contributed by atoms with E-state index < -0.39 is 0 Å². The molecule has 1 unspecified atom stereocenters. The molecule has 0 radical (unpaired) electrons. The molecule has 1 N–H and O–H groups in total. The van der Waals surface area contributed by atoms with Gasteiger partial charge >= 0.3 is 0 Å². The molecule has 0 aliphatic rings. The van der Waals surface area contributed by atoms with Gasteiger partial charge in [-0.2, -0.15) is 0 Å². The largest absolute Gasteiger partial charge is 0.393 e. The van der Waals surface area contributed by atoms with Crippen molar-refractivity contribution >= 4 is 0 Å². The van der Waals surface area contributed by atoms with Crippen LogP contribution in [0.1, 0.15) is 44.2 Å². The summed E-state index contributed by atoms with van der Waals surface area (Å²) in [5.74, 6) is 0.562. The summed E-state index contributed by atoms with van der Waals surface area (Å²) in [5, 5.41) is 9.83. The molecule has 1 aromatic rings. The van der Waals surface area contributed by atoms with Crippen molar-refractivity contribution in [1.82, 2.24) is 0 Å². The van der Waals surface area contributed by atoms with Crippen molar-refractivity contribution < 1.29 is 9.84 Å². The molecule has 0 aromatic heterocycles. The molecular formula is C15H24O2. The summed E-state index contributed by atoms with van der Waals surface area (Å²) >= 11 is 0. The van der Waals surface area contributed by atoms with Crippen molar-refractivity contribution in [1.29, 1.82) is 0 Å². The maximum atomic E-state index is 9.83. The van der Waals surface area contributed by atoms with E-state index in [4.69, 9.17) is 4.74 Å². The molecular weight excluding hydrogens is 212 g/mol. The topological polar surface area (TPSA) is 29.5 Å². The summed E-state index contributed by atoms with van der Waals surface area (Å²) in [7, 11) is 0. The Balaban J connectivity index is 2.40. The van der Waals surface area contributed by atoms with Crippen LogP contribution in [0.5, 0.6) is 0 Å². The Kier molecular flexibility index (Phi) is 6.23. The van der Waals surface area contributed by atoms with Crippen LogP contribution in [-0.2, 0) is 11.2 Å². The first kappa shape index (κ1) is 14.2. The third-order valence-electron chi connectivity index (χ3n) is 2.92. The van der Waals surface area contributed by atoms with Gasteiger partial charge in [-0.25, -0.2) is 0 Å². The number of benzene rings is 1. The second-order valence-electron chi connectivity index (χ2n) is 4.74. The summed E-state index contributed by atoms with van der Waals surface area (Å²) in [5.41, 5.74) is 2.54. The molecule has 1 atom stereocenters. The Labute approximate surface area is 105 Å². The first-order chi connectivity index (χ1) is 8.13. The fourth-order valence-corrected chi connectivity index (χ4v) is 1.78. The number of aliphatic hydroxyl groups is 1. The number of hydrogen-bond donors (Lipinski definition) is 1. The van der Waals surface area contributed by atoms with Crippen LogP contribution in [-0.4, -0.2) is 24.4 Å². The highest BCUT2D eigenvalue weighted by atomic mass is 16.5. The zero-order chi connectivity index (χ0) is 12.7. The fraction of sp³-hybridized carbons (Fsp3) is 0.600. The van der Waals surface area contributed by atoms with Gasteiger partial charge in [-0.05, 0) is 36.8 Å². The molecule has 0 aliphatic heterocycles. The van der Waals surface area contributed by atoms with Crippen LogP contribution >= 0.6 is 0 Å². The molecule has 96 valence electrons. The molecule has 2 nitrogen and oxygen atoms in total. The van der Waals surface area contributed by atoms with E-state index in [9.17, 15) is 5.11 Å². The predicted octanol–water partition coefficient (Wildman–Crippen LogP) is 3.14. The monoisotopic (exact) mass is 236 g/mol. The van der Waals surface area contributed by atoms with Gasteiger partial charge in [0.05, 0.1) is 6.10 Å². The molecule has 1 rings (SSSR count). The van der Waals surface area contributed by atoms with E-state index in [1.807, 2.05) is 6.92 Å². The van der Waals surface area contributed by atoms with Gasteiger partial charge in [-0.3, -0.25) is 0 Å². The summed E-state index contributed by atoms with van der Waals surface area (Å²) in [4.78, 5) is 0. The second-order valence-corrected chi connectivity index (χ2v) is 4.74. The van der Waals surface area contributed by atoms with Crippen LogP contribution in [0.15, 0.2) is 24.3 Å². The molecule has 17 heavy (non-hydrogen) atoms. The molecule has 0 spiro atoms. The lowest BCUT2D eigenvalue weighted by atomic mass is 9.99. The van der Waals surface area contributed by atoms with E-state index in [1.165, 1.54) is 11.1 Å². The zero-order valence-electron chi connectivity index (χ0n) is 11.1. The number of ether oxygens (including phenoxy) is 1. The molecule has 0 bridgehead atoms. The van der Waals surface area contributed by atoms with Gasteiger partial charge in [-0.1, -0.05) is 38.1 Å². The first-order valence-electron chi connectivity index (χ1n) is 6.48. The van der Waals surface area contributed by atoms with E-state index in [0.717, 1.165) is 6.61 Å². The Hall–Kier alpha value is -0.860. The third-order valence-corrected chi connectivity index (χ3v) is 2.92. The van der Waals surface area contributed by atoms with Crippen molar-refractivity contribution in [2.24, 2.45) is 0 Å². The Morgan fingerprint density at radius 3 is 2.35 bits per heavy atom. The van der Waals surface area contributed by atoms with Gasteiger partial charge in [0, 0.05) is 13.2 Å². The Morgan fingerprint density at radius 2 is 1.82 bits per heavy atom. The predicted molar refractivity (Wildman–Crippen MR) is 71.4 cm³/mol. The van der Waals surface area contributed by atoms with Crippen LogP contribution < -0.4 is 0 Å². The van der Waals surface area contributed by atoms with E-state index >= 15 is 0 Å². The van der Waals surface area contributed by atoms with Crippen LogP contribution in [0.25, 0.3) is 0 Å². The Bertz CT molecular complexity index is 303. The fourth-order valence-electron chi connectivity index (χ4n) is 1.78. The van der Waals surface area contributed by atoms with Crippen LogP contribution in [0.4, 0.5) is 0 Å². The third kappa shape index (κ3) is 5.33. The van der Waals surface area contributed by atoms with Gasteiger partial charge in [0.25, 0.3) is 0 Å². The van der Waals surface area contributed by atoms with E-state index in [2.05, 4.69) is 38.1 Å². The highest BCUT2D eigenvalue weighted by Gasteiger charge is 2.06. The van der Waals surface area contributed by atoms with Crippen molar-refractivity contribution in [2.45, 2.75) is 45.6 Å². The van der Waals surface area contributed by atoms with Gasteiger partial charge in [-0.15, -0.1) is 0 Å². The lowest BCUT2D eigenvalue weighted by Crippen LogP contribution is -2.13. The maximum Gasteiger partial charge on any atom is 0.0602 e. The van der Waals surface area contributed by atoms with Gasteiger partial charge in [0.1, 0.15) is 0 Å². The molecule has 0 amide bonds. The minimum atomic E-state index is -0.300. The summed E-state index contributed by atoms with van der Waals surface area (Å²) in [6.45, 7) is 7.70. The summed E-state index contributed by atoms with van der Waals surface area (Å²) < 4.78 is 5.23. The SMILES string of the molecule is CCOCCC(O)Cc1ccc(C(C)C)cc1. The van der Waals surface area contributed by atoms with E-state index in [-0.39, 0.29) is 6.10 Å². The number of hydrogen-bond acceptors (Lipinski definition) is 2. The highest BCUT2D eigenvalue weighted by molar-refractivity contribution is 5.25. The van der Waals surface area contributed by atoms with Crippen molar-refractivity contribution in [3.8, 4) is 0 Å². The molecule has 0 saturated carbocycles. The standard InChI is InChI=1S/C15H24O2/c1-4-17-10-9-15(16)11-13-5-7-14(8-6-13)12(2)3/h5-8,12,15-16H,4,9-11H2,1-3H3. The van der Waals surface area contributed by atoms with Crippen LogP contribution in [0.3, 0.4) is 0 Å². The van der Waals surface area contributed by atoms with Crippen molar-refractivity contribution in [2.75, 3.05) is 13.2 Å². The summed E-state index contributed by atoms with van der Waals surface area (Å²) in [6.07, 6.45) is 1.12. The normalized spacial score (nSPS) is 13.0. The lowest BCUT2D eigenvalue weighted by Gasteiger charge is -2.11. The van der Waals surface area contributed by atoms with Crippen LogP contribution in [0, 0.1) is 0 Å². The van der Waals surface area contributed by atoms with E-state index in [0.29, 0.717) is 25.4 Å². The zero-order valence-corrected chi connectivity index (χ0v) is 11.1. The molecule has 0 fully saturated rings. The Morgan fingerprint density at radius 1 is 1.18 bits per heavy atom. The highest BCUT2D eigenvalue weighted by Crippen LogP contribution is 2.15. The smallest absolute Gasteiger partial charge is 0.0602 e. The molecule has 0 heterocycles. The second kappa shape index (κ2) is 7.46. The number of aliphatic hydroxyl groups excluding tert-OH is 1. The molecule has 2 heteroatoms. The molecule has 0 aliphatic carbocycles. The molecule has 0 saturated heterocycles. The van der Waals surface area contributed by atoms with Crippen LogP contribution in [0.2, 0.25) is 0 Å². The average Bonchev–Trinajstić information content (AvgIpc) is 2.30. The summed E-state index contributed by atoms with van der Waals surface area (Å²) in [6, 6.07) is 8.52. The van der Waals surface area contributed by atoms with Gasteiger partial charge in [0.15, 0.2) is 0 Å². The van der Waals surface area contributed by atoms with Gasteiger partial charge < -0.3 is 9.84 Å². The maximum absolute atomic E-state index is 9.83. The first-order valence-corrected chi connectivity index (χ1v) is 6.48. The number of rotatable bonds is 7. The van der Waals surface area contributed by atoms with Gasteiger partial charge in [0.2, 0.25) is 0 Å².